The molecule has 0 N–H and O–H groups in total. The number of fused-ring (bicyclic) bond motifs is 1. The van der Waals surface area contributed by atoms with E-state index in [4.69, 9.17) is 11.6 Å². The van der Waals surface area contributed by atoms with Gasteiger partial charge in [-0.1, -0.05) is 17.7 Å². The summed E-state index contributed by atoms with van der Waals surface area (Å²) in [4.78, 5) is 13.4. The maximum Gasteiger partial charge on any atom is 0.181 e. The van der Waals surface area contributed by atoms with Gasteiger partial charge in [-0.3, -0.25) is 0 Å². The topological polar surface area (TPSA) is 38.7 Å². The summed E-state index contributed by atoms with van der Waals surface area (Å²) in [5.41, 5.74) is 2.69. The van der Waals surface area contributed by atoms with Gasteiger partial charge in [-0.2, -0.15) is 0 Å². The smallest absolute Gasteiger partial charge is 0.181 e. The lowest BCUT2D eigenvalue weighted by Crippen LogP contribution is -1.94. The van der Waals surface area contributed by atoms with Crippen molar-refractivity contribution in [2.45, 2.75) is 13.8 Å². The number of halogens is 2. The summed E-state index contributed by atoms with van der Waals surface area (Å²) in [5.74, 6) is 0.572. The number of benzene rings is 1. The lowest BCUT2D eigenvalue weighted by molar-refractivity contribution is 1.17. The zero-order valence-corrected chi connectivity index (χ0v) is 13.4. The summed E-state index contributed by atoms with van der Waals surface area (Å²) in [6.07, 6.45) is 0. The molecule has 3 nitrogen and oxygen atoms in total. The van der Waals surface area contributed by atoms with Crippen molar-refractivity contribution in [3.8, 4) is 11.5 Å². The largest absolute Gasteiger partial charge is 0.238 e. The standard InChI is InChI=1S/C13H9BrClN3S/c1-6-3-4-8(14)10-11(6)17-13(18-12(10)15)9-5-19-7(2)16-9/h3-5H,1-2H3. The number of thiazole rings is 1. The highest BCUT2D eigenvalue weighted by Gasteiger charge is 2.13. The van der Waals surface area contributed by atoms with Gasteiger partial charge in [-0.25, -0.2) is 15.0 Å². The Morgan fingerprint density at radius 2 is 1.95 bits per heavy atom. The molecular weight excluding hydrogens is 346 g/mol. The molecule has 0 spiro atoms. The van der Waals surface area contributed by atoms with Gasteiger partial charge in [0.05, 0.1) is 15.9 Å². The van der Waals surface area contributed by atoms with Crippen molar-refractivity contribution in [3.63, 3.8) is 0 Å². The number of nitrogens with zero attached hydrogens (tertiary/aromatic N) is 3. The van der Waals surface area contributed by atoms with Crippen LogP contribution in [-0.4, -0.2) is 15.0 Å². The van der Waals surface area contributed by atoms with E-state index in [-0.39, 0.29) is 0 Å². The first kappa shape index (κ1) is 13.0. The van der Waals surface area contributed by atoms with Crippen LogP contribution in [0.2, 0.25) is 5.15 Å². The molecule has 0 aliphatic rings. The van der Waals surface area contributed by atoms with Crippen LogP contribution in [0.3, 0.4) is 0 Å². The number of hydrogen-bond acceptors (Lipinski definition) is 4. The zero-order chi connectivity index (χ0) is 13.6. The third-order valence-electron chi connectivity index (χ3n) is 2.80. The SMILES string of the molecule is Cc1nc(-c2nc(Cl)c3c(Br)ccc(C)c3n2)cs1. The first-order valence-electron chi connectivity index (χ1n) is 5.61. The van der Waals surface area contributed by atoms with Crippen LogP contribution in [0.4, 0.5) is 0 Å². The first-order chi connectivity index (χ1) is 9.06. The number of aryl methyl sites for hydroxylation is 2. The molecule has 0 amide bonds. The van der Waals surface area contributed by atoms with E-state index in [1.165, 1.54) is 0 Å². The van der Waals surface area contributed by atoms with E-state index in [2.05, 4.69) is 30.9 Å². The molecule has 96 valence electrons. The maximum atomic E-state index is 6.29. The van der Waals surface area contributed by atoms with Crippen LogP contribution in [0.1, 0.15) is 10.6 Å². The van der Waals surface area contributed by atoms with Crippen molar-refractivity contribution in [1.82, 2.24) is 15.0 Å². The second-order valence-corrected chi connectivity index (χ2v) is 6.45. The third kappa shape index (κ3) is 2.26. The first-order valence-corrected chi connectivity index (χ1v) is 7.66. The summed E-state index contributed by atoms with van der Waals surface area (Å²) in [6, 6.07) is 3.96. The summed E-state index contributed by atoms with van der Waals surface area (Å²) < 4.78 is 0.902. The van der Waals surface area contributed by atoms with E-state index in [9.17, 15) is 0 Å². The van der Waals surface area contributed by atoms with Crippen molar-refractivity contribution >= 4 is 49.8 Å². The van der Waals surface area contributed by atoms with Crippen LogP contribution < -0.4 is 0 Å². The zero-order valence-electron chi connectivity index (χ0n) is 10.2. The minimum absolute atomic E-state index is 0.446. The Balaban J connectivity index is 2.33. The highest BCUT2D eigenvalue weighted by molar-refractivity contribution is 9.10. The molecule has 1 aromatic carbocycles. The van der Waals surface area contributed by atoms with Crippen molar-refractivity contribution in [1.29, 1.82) is 0 Å². The van der Waals surface area contributed by atoms with Crippen molar-refractivity contribution in [2.24, 2.45) is 0 Å². The van der Waals surface area contributed by atoms with E-state index in [1.807, 2.05) is 31.4 Å². The van der Waals surface area contributed by atoms with Crippen molar-refractivity contribution in [2.75, 3.05) is 0 Å². The van der Waals surface area contributed by atoms with Crippen LogP contribution in [-0.2, 0) is 0 Å². The number of aromatic nitrogens is 3. The van der Waals surface area contributed by atoms with E-state index in [0.717, 1.165) is 31.6 Å². The molecule has 0 saturated heterocycles. The molecule has 0 radical (unpaired) electrons. The average molecular weight is 355 g/mol. The van der Waals surface area contributed by atoms with Gasteiger partial charge in [-0.05, 0) is 41.4 Å². The van der Waals surface area contributed by atoms with Gasteiger partial charge in [0.15, 0.2) is 5.82 Å². The lowest BCUT2D eigenvalue weighted by atomic mass is 10.1. The molecule has 0 saturated carbocycles. The summed E-state index contributed by atoms with van der Waals surface area (Å²) in [5, 5.41) is 4.22. The van der Waals surface area contributed by atoms with Gasteiger partial charge in [0, 0.05) is 9.85 Å². The van der Waals surface area contributed by atoms with E-state index in [0.29, 0.717) is 11.0 Å². The lowest BCUT2D eigenvalue weighted by Gasteiger charge is -2.07. The van der Waals surface area contributed by atoms with Gasteiger partial charge < -0.3 is 0 Å². The predicted molar refractivity (Wildman–Crippen MR) is 82.8 cm³/mol. The molecule has 6 heteroatoms. The fraction of sp³-hybridized carbons (Fsp3) is 0.154. The third-order valence-corrected chi connectivity index (χ3v) is 4.51. The maximum absolute atomic E-state index is 6.29. The van der Waals surface area contributed by atoms with Gasteiger partial charge in [-0.15, -0.1) is 11.3 Å². The monoisotopic (exact) mass is 353 g/mol. The van der Waals surface area contributed by atoms with E-state index >= 15 is 0 Å². The molecule has 0 fully saturated rings. The minimum Gasteiger partial charge on any atom is -0.238 e. The van der Waals surface area contributed by atoms with Crippen LogP contribution in [0.15, 0.2) is 22.0 Å². The van der Waals surface area contributed by atoms with Crippen molar-refractivity contribution < 1.29 is 0 Å². The molecule has 3 rings (SSSR count). The molecule has 0 aliphatic heterocycles. The normalized spacial score (nSPS) is 11.2. The second kappa shape index (κ2) is 4.81. The Hall–Kier alpha value is -1.04. The van der Waals surface area contributed by atoms with Gasteiger partial charge in [0.2, 0.25) is 0 Å². The second-order valence-electron chi connectivity index (χ2n) is 4.18. The van der Waals surface area contributed by atoms with E-state index in [1.54, 1.807) is 11.3 Å². The Bertz CT molecular complexity index is 785. The fourth-order valence-corrected chi connectivity index (χ4v) is 3.36. The predicted octanol–water partition coefficient (Wildman–Crippen LogP) is 4.79. The highest BCUT2D eigenvalue weighted by atomic mass is 79.9. The van der Waals surface area contributed by atoms with Crippen molar-refractivity contribution in [3.05, 3.63) is 37.7 Å². The summed E-state index contributed by atoms with van der Waals surface area (Å²) in [7, 11) is 0. The minimum atomic E-state index is 0.446. The quantitative estimate of drug-likeness (QED) is 0.590. The van der Waals surface area contributed by atoms with Crippen LogP contribution in [0, 0.1) is 13.8 Å². The molecule has 0 bridgehead atoms. The Kier molecular flexibility index (Phi) is 3.28. The van der Waals surface area contributed by atoms with Crippen LogP contribution in [0.25, 0.3) is 22.4 Å². The van der Waals surface area contributed by atoms with Crippen LogP contribution in [0.5, 0.6) is 0 Å². The van der Waals surface area contributed by atoms with E-state index < -0.39 is 0 Å². The molecule has 19 heavy (non-hydrogen) atoms. The molecular formula is C13H9BrClN3S. The number of rotatable bonds is 1. The molecule has 0 atom stereocenters. The van der Waals surface area contributed by atoms with Crippen LogP contribution >= 0.6 is 38.9 Å². The fourth-order valence-electron chi connectivity index (χ4n) is 1.87. The Morgan fingerprint density at radius 3 is 2.63 bits per heavy atom. The summed E-state index contributed by atoms with van der Waals surface area (Å²) >= 11 is 11.4. The molecule has 2 heterocycles. The highest BCUT2D eigenvalue weighted by Crippen LogP contribution is 2.32. The molecule has 3 aromatic rings. The van der Waals surface area contributed by atoms with Gasteiger partial charge in [0.25, 0.3) is 0 Å². The molecule has 2 aromatic heterocycles. The summed E-state index contributed by atoms with van der Waals surface area (Å²) in [6.45, 7) is 3.97. The molecule has 0 unspecified atom stereocenters. The Labute approximate surface area is 127 Å². The van der Waals surface area contributed by atoms with Gasteiger partial charge in [0.1, 0.15) is 10.8 Å². The Morgan fingerprint density at radius 1 is 1.16 bits per heavy atom. The molecule has 0 aliphatic carbocycles. The van der Waals surface area contributed by atoms with Gasteiger partial charge >= 0.3 is 0 Å². The average Bonchev–Trinajstić information content (AvgIpc) is 2.80. The number of hydrogen-bond donors (Lipinski definition) is 0.